The molecule has 0 amide bonds. The molecule has 2 rings (SSSR count). The van der Waals surface area contributed by atoms with Crippen molar-refractivity contribution in [2.75, 3.05) is 19.0 Å². The maximum Gasteiger partial charge on any atom is 0.341 e. The van der Waals surface area contributed by atoms with Crippen LogP contribution in [-0.4, -0.2) is 24.7 Å². The molecule has 0 saturated heterocycles. The van der Waals surface area contributed by atoms with Gasteiger partial charge in [0.25, 0.3) is 0 Å². The fraction of sp³-hybridized carbons (Fsp3) is 0.300. The molecule has 0 aromatic heterocycles. The van der Waals surface area contributed by atoms with E-state index in [9.17, 15) is 9.90 Å². The minimum Gasteiger partial charge on any atom is -0.507 e. The molecule has 74 valence electrons. The Labute approximate surface area is 81.5 Å². The van der Waals surface area contributed by atoms with Gasteiger partial charge < -0.3 is 15.2 Å². The van der Waals surface area contributed by atoms with Gasteiger partial charge in [-0.25, -0.2) is 4.79 Å². The van der Waals surface area contributed by atoms with Crippen LogP contribution in [0.25, 0.3) is 0 Å². The van der Waals surface area contributed by atoms with Crippen molar-refractivity contribution in [1.82, 2.24) is 0 Å². The van der Waals surface area contributed by atoms with Gasteiger partial charge in [0.15, 0.2) is 0 Å². The molecule has 0 unspecified atom stereocenters. The van der Waals surface area contributed by atoms with E-state index >= 15 is 0 Å². The van der Waals surface area contributed by atoms with E-state index in [0.717, 1.165) is 24.2 Å². The average molecular weight is 193 g/mol. The minimum absolute atomic E-state index is 0.0411. The predicted octanol–water partition coefficient (Wildman–Crippen LogP) is 1.15. The number of nitrogens with one attached hydrogen (secondary N) is 1. The van der Waals surface area contributed by atoms with Crippen LogP contribution in [0.4, 0.5) is 5.69 Å². The SMILES string of the molecule is COC(=O)c1ccc2c(c1O)CCN2. The maximum absolute atomic E-state index is 11.2. The highest BCUT2D eigenvalue weighted by Gasteiger charge is 2.20. The van der Waals surface area contributed by atoms with Gasteiger partial charge in [0, 0.05) is 17.8 Å². The second-order valence-corrected chi connectivity index (χ2v) is 3.16. The van der Waals surface area contributed by atoms with Gasteiger partial charge >= 0.3 is 5.97 Å². The van der Waals surface area contributed by atoms with Crippen LogP contribution in [-0.2, 0) is 11.2 Å². The standard InChI is InChI=1S/C10H11NO3/c1-14-10(13)7-2-3-8-6(9(7)12)4-5-11-8/h2-3,11-12H,4-5H2,1H3. The fourth-order valence-corrected chi connectivity index (χ4v) is 1.65. The van der Waals surface area contributed by atoms with E-state index in [1.165, 1.54) is 7.11 Å². The van der Waals surface area contributed by atoms with E-state index < -0.39 is 5.97 Å². The number of benzene rings is 1. The number of rotatable bonds is 1. The molecule has 1 aromatic rings. The molecule has 14 heavy (non-hydrogen) atoms. The lowest BCUT2D eigenvalue weighted by atomic mass is 10.1. The maximum atomic E-state index is 11.2. The third-order valence-corrected chi connectivity index (χ3v) is 2.38. The third kappa shape index (κ3) is 1.19. The summed E-state index contributed by atoms with van der Waals surface area (Å²) < 4.78 is 4.56. The lowest BCUT2D eigenvalue weighted by Crippen LogP contribution is -2.02. The van der Waals surface area contributed by atoms with Crippen LogP contribution in [0.15, 0.2) is 12.1 Å². The van der Waals surface area contributed by atoms with E-state index in [0.29, 0.717) is 0 Å². The molecule has 0 atom stereocenters. The lowest BCUT2D eigenvalue weighted by Gasteiger charge is -2.06. The van der Waals surface area contributed by atoms with Gasteiger partial charge in [0.05, 0.1) is 7.11 Å². The molecule has 4 heteroatoms. The molecule has 0 aliphatic carbocycles. The van der Waals surface area contributed by atoms with Crippen LogP contribution in [0, 0.1) is 0 Å². The van der Waals surface area contributed by atoms with Crippen LogP contribution in [0.2, 0.25) is 0 Å². The molecule has 1 aromatic carbocycles. The predicted molar refractivity (Wildman–Crippen MR) is 51.6 cm³/mol. The summed E-state index contributed by atoms with van der Waals surface area (Å²) in [5.41, 5.74) is 1.93. The first kappa shape index (κ1) is 8.87. The van der Waals surface area contributed by atoms with E-state index in [2.05, 4.69) is 10.1 Å². The van der Waals surface area contributed by atoms with Gasteiger partial charge in [-0.05, 0) is 18.6 Å². The van der Waals surface area contributed by atoms with Gasteiger partial charge in [-0.1, -0.05) is 0 Å². The Morgan fingerprint density at radius 3 is 3.07 bits per heavy atom. The van der Waals surface area contributed by atoms with Crippen LogP contribution < -0.4 is 5.32 Å². The second kappa shape index (κ2) is 3.21. The number of ether oxygens (including phenoxy) is 1. The van der Waals surface area contributed by atoms with E-state index in [1.807, 2.05) is 0 Å². The van der Waals surface area contributed by atoms with Crippen molar-refractivity contribution in [3.05, 3.63) is 23.3 Å². The minimum atomic E-state index is -0.503. The summed E-state index contributed by atoms with van der Waals surface area (Å²) in [4.78, 5) is 11.2. The van der Waals surface area contributed by atoms with Crippen LogP contribution >= 0.6 is 0 Å². The van der Waals surface area contributed by atoms with Gasteiger partial charge in [-0.2, -0.15) is 0 Å². The summed E-state index contributed by atoms with van der Waals surface area (Å²) >= 11 is 0. The van der Waals surface area contributed by atoms with Crippen molar-refractivity contribution in [2.45, 2.75) is 6.42 Å². The normalized spacial score (nSPS) is 13.2. The Morgan fingerprint density at radius 2 is 2.36 bits per heavy atom. The van der Waals surface area contributed by atoms with Gasteiger partial charge in [-0.15, -0.1) is 0 Å². The Hall–Kier alpha value is -1.71. The van der Waals surface area contributed by atoms with Crippen molar-refractivity contribution in [3.8, 4) is 5.75 Å². The van der Waals surface area contributed by atoms with Gasteiger partial charge in [0.1, 0.15) is 11.3 Å². The monoisotopic (exact) mass is 193 g/mol. The highest BCUT2D eigenvalue weighted by Crippen LogP contribution is 2.33. The molecule has 0 bridgehead atoms. The Balaban J connectivity index is 2.50. The van der Waals surface area contributed by atoms with E-state index in [4.69, 9.17) is 0 Å². The van der Waals surface area contributed by atoms with Crippen LogP contribution in [0.5, 0.6) is 5.75 Å². The molecule has 0 radical (unpaired) electrons. The first-order chi connectivity index (χ1) is 6.74. The average Bonchev–Trinajstić information content (AvgIpc) is 2.66. The zero-order chi connectivity index (χ0) is 10.1. The summed E-state index contributed by atoms with van der Waals surface area (Å²) in [6, 6.07) is 3.35. The van der Waals surface area contributed by atoms with Crippen LogP contribution in [0.3, 0.4) is 0 Å². The van der Waals surface area contributed by atoms with Crippen molar-refractivity contribution < 1.29 is 14.6 Å². The fourth-order valence-electron chi connectivity index (χ4n) is 1.65. The number of hydrogen-bond acceptors (Lipinski definition) is 4. The molecule has 2 N–H and O–H groups in total. The molecule has 0 spiro atoms. The highest BCUT2D eigenvalue weighted by atomic mass is 16.5. The Morgan fingerprint density at radius 1 is 1.57 bits per heavy atom. The van der Waals surface area contributed by atoms with Crippen LogP contribution in [0.1, 0.15) is 15.9 Å². The van der Waals surface area contributed by atoms with Gasteiger partial charge in [0.2, 0.25) is 0 Å². The first-order valence-corrected chi connectivity index (χ1v) is 4.41. The number of carbonyl (C=O) groups is 1. The number of methoxy groups -OCH3 is 1. The third-order valence-electron chi connectivity index (χ3n) is 2.38. The molecule has 1 aliphatic rings. The molecule has 0 saturated carbocycles. The summed E-state index contributed by atoms with van der Waals surface area (Å²) in [6.45, 7) is 0.799. The molecule has 1 heterocycles. The largest absolute Gasteiger partial charge is 0.507 e. The summed E-state index contributed by atoms with van der Waals surface area (Å²) in [6.07, 6.45) is 0.742. The molecular formula is C10H11NO3. The number of fused-ring (bicyclic) bond motifs is 1. The second-order valence-electron chi connectivity index (χ2n) is 3.16. The van der Waals surface area contributed by atoms with Crippen molar-refractivity contribution in [3.63, 3.8) is 0 Å². The Kier molecular flexibility index (Phi) is 2.04. The molecule has 1 aliphatic heterocycles. The summed E-state index contributed by atoms with van der Waals surface area (Å²) in [7, 11) is 1.30. The number of esters is 1. The van der Waals surface area contributed by atoms with Crippen molar-refractivity contribution in [1.29, 1.82) is 0 Å². The summed E-state index contributed by atoms with van der Waals surface area (Å²) in [5.74, 6) is -0.462. The number of phenols is 1. The number of phenolic OH excluding ortho intramolecular Hbond substituents is 1. The molecule has 4 nitrogen and oxygen atoms in total. The number of hydrogen-bond donors (Lipinski definition) is 2. The van der Waals surface area contributed by atoms with Gasteiger partial charge in [-0.3, -0.25) is 0 Å². The first-order valence-electron chi connectivity index (χ1n) is 4.41. The van der Waals surface area contributed by atoms with Crippen molar-refractivity contribution in [2.24, 2.45) is 0 Å². The van der Waals surface area contributed by atoms with E-state index in [-0.39, 0.29) is 11.3 Å². The quantitative estimate of drug-likeness (QED) is 0.657. The molecule has 0 fully saturated rings. The summed E-state index contributed by atoms with van der Waals surface area (Å²) in [5, 5.41) is 12.9. The van der Waals surface area contributed by atoms with E-state index in [1.54, 1.807) is 12.1 Å². The lowest BCUT2D eigenvalue weighted by molar-refractivity contribution is 0.0597. The van der Waals surface area contributed by atoms with Crippen molar-refractivity contribution >= 4 is 11.7 Å². The topological polar surface area (TPSA) is 58.6 Å². The Bertz CT molecular complexity index is 387. The number of carbonyl (C=O) groups excluding carboxylic acids is 1. The number of anilines is 1. The zero-order valence-electron chi connectivity index (χ0n) is 7.83. The smallest absolute Gasteiger partial charge is 0.341 e. The number of aromatic hydroxyl groups is 1. The highest BCUT2D eigenvalue weighted by molar-refractivity contribution is 5.94. The zero-order valence-corrected chi connectivity index (χ0v) is 7.83. The molecular weight excluding hydrogens is 182 g/mol.